The minimum atomic E-state index is 0.782. The lowest BCUT2D eigenvalue weighted by molar-refractivity contribution is 0.448. The van der Waals surface area contributed by atoms with Crippen LogP contribution in [0.5, 0.6) is 0 Å². The predicted molar refractivity (Wildman–Crippen MR) is 68.3 cm³/mol. The van der Waals surface area contributed by atoms with Crippen molar-refractivity contribution in [2.45, 2.75) is 76.3 Å². The zero-order valence-electron chi connectivity index (χ0n) is 10.1. The average molecular weight is 202 g/mol. The average Bonchev–Trinajstić information content (AvgIpc) is 2.24. The SMILES string of the molecule is CCCCC#CB1C2CCCC1CCC2. The molecule has 0 aromatic heterocycles. The summed E-state index contributed by atoms with van der Waals surface area (Å²) >= 11 is 0. The molecule has 0 amide bonds. The van der Waals surface area contributed by atoms with Crippen LogP contribution in [0.4, 0.5) is 0 Å². The molecule has 2 fully saturated rings. The van der Waals surface area contributed by atoms with E-state index in [9.17, 15) is 0 Å². The van der Waals surface area contributed by atoms with Gasteiger partial charge in [0.2, 0.25) is 6.71 Å². The highest BCUT2D eigenvalue weighted by Gasteiger charge is 2.38. The van der Waals surface area contributed by atoms with E-state index in [1.165, 1.54) is 51.4 Å². The Hall–Kier alpha value is -0.375. The van der Waals surface area contributed by atoms with Gasteiger partial charge in [-0.05, 0) is 18.1 Å². The van der Waals surface area contributed by atoms with Crippen LogP contribution in [0, 0.1) is 11.7 Å². The topological polar surface area (TPSA) is 0 Å². The van der Waals surface area contributed by atoms with E-state index < -0.39 is 0 Å². The molecule has 1 heteroatoms. The summed E-state index contributed by atoms with van der Waals surface area (Å²) < 4.78 is 0. The molecule has 2 bridgehead atoms. The van der Waals surface area contributed by atoms with Crippen molar-refractivity contribution in [2.24, 2.45) is 0 Å². The fourth-order valence-electron chi connectivity index (χ4n) is 3.37. The molecule has 2 rings (SSSR count). The lowest BCUT2D eigenvalue weighted by Gasteiger charge is -2.37. The first-order chi connectivity index (χ1) is 7.42. The van der Waals surface area contributed by atoms with E-state index in [-0.39, 0.29) is 0 Å². The van der Waals surface area contributed by atoms with Gasteiger partial charge in [0.15, 0.2) is 0 Å². The normalized spacial score (nSPS) is 29.5. The first-order valence-electron chi connectivity index (χ1n) is 6.90. The molecule has 2 saturated heterocycles. The Bertz CT molecular complexity index is 226. The summed E-state index contributed by atoms with van der Waals surface area (Å²) in [7, 11) is 0. The summed E-state index contributed by atoms with van der Waals surface area (Å²) in [5.74, 6) is 8.97. The molecule has 15 heavy (non-hydrogen) atoms. The van der Waals surface area contributed by atoms with Crippen molar-refractivity contribution in [3.8, 4) is 11.7 Å². The second-order valence-electron chi connectivity index (χ2n) is 5.33. The number of hydrogen-bond acceptors (Lipinski definition) is 0. The van der Waals surface area contributed by atoms with Crippen LogP contribution in [0.15, 0.2) is 0 Å². The van der Waals surface area contributed by atoms with E-state index in [1.807, 2.05) is 0 Å². The largest absolute Gasteiger partial charge is 0.237 e. The van der Waals surface area contributed by atoms with Crippen LogP contribution in [-0.4, -0.2) is 6.71 Å². The highest BCUT2D eigenvalue weighted by atomic mass is 14.2. The monoisotopic (exact) mass is 202 g/mol. The molecule has 0 aromatic carbocycles. The van der Waals surface area contributed by atoms with E-state index in [4.69, 9.17) is 0 Å². The zero-order chi connectivity index (χ0) is 10.5. The van der Waals surface area contributed by atoms with Crippen LogP contribution in [0.25, 0.3) is 0 Å². The molecule has 0 aliphatic carbocycles. The van der Waals surface area contributed by atoms with Gasteiger partial charge in [-0.25, -0.2) is 0 Å². The number of hydrogen-bond donors (Lipinski definition) is 0. The van der Waals surface area contributed by atoms with Gasteiger partial charge in [0.05, 0.1) is 0 Å². The van der Waals surface area contributed by atoms with Crippen LogP contribution < -0.4 is 0 Å². The minimum Gasteiger partial charge on any atom is -0.155 e. The van der Waals surface area contributed by atoms with Crippen molar-refractivity contribution in [1.82, 2.24) is 0 Å². The van der Waals surface area contributed by atoms with Crippen molar-refractivity contribution in [3.05, 3.63) is 0 Å². The van der Waals surface area contributed by atoms with E-state index in [2.05, 4.69) is 18.7 Å². The summed E-state index contributed by atoms with van der Waals surface area (Å²) in [6, 6.07) is 0. The molecule has 2 aliphatic rings. The fourth-order valence-corrected chi connectivity index (χ4v) is 3.37. The van der Waals surface area contributed by atoms with E-state index in [0.717, 1.165) is 24.8 Å². The maximum absolute atomic E-state index is 3.61. The molecule has 82 valence electrons. The van der Waals surface area contributed by atoms with Crippen LogP contribution >= 0.6 is 0 Å². The molecule has 0 N–H and O–H groups in total. The van der Waals surface area contributed by atoms with Gasteiger partial charge in [-0.2, -0.15) is 5.82 Å². The van der Waals surface area contributed by atoms with Gasteiger partial charge < -0.3 is 0 Å². The Balaban J connectivity index is 1.90. The van der Waals surface area contributed by atoms with Crippen LogP contribution in [0.1, 0.15) is 64.7 Å². The van der Waals surface area contributed by atoms with Crippen molar-refractivity contribution in [1.29, 1.82) is 0 Å². The third kappa shape index (κ3) is 2.80. The van der Waals surface area contributed by atoms with E-state index in [0.29, 0.717) is 0 Å². The van der Waals surface area contributed by atoms with Gasteiger partial charge in [-0.3, -0.25) is 0 Å². The fraction of sp³-hybridized carbons (Fsp3) is 0.857. The molecule has 0 radical (unpaired) electrons. The second-order valence-corrected chi connectivity index (χ2v) is 5.33. The van der Waals surface area contributed by atoms with Crippen molar-refractivity contribution < 1.29 is 0 Å². The molecule has 0 atom stereocenters. The third-order valence-electron chi connectivity index (χ3n) is 4.24. The predicted octanol–water partition coefficient (Wildman–Crippen LogP) is 4.32. The standard InChI is InChI=1S/C14H23B/c1-2-3-4-5-12-15-13-8-6-9-14(15)11-7-10-13/h13-14H,2-4,6-11H2,1H3. The van der Waals surface area contributed by atoms with Crippen LogP contribution in [0.2, 0.25) is 11.6 Å². The summed E-state index contributed by atoms with van der Waals surface area (Å²) in [5, 5.41) is 0. The summed E-state index contributed by atoms with van der Waals surface area (Å²) in [6.07, 6.45) is 12.5. The lowest BCUT2D eigenvalue weighted by atomic mass is 9.28. The second kappa shape index (κ2) is 5.64. The van der Waals surface area contributed by atoms with Crippen molar-refractivity contribution >= 4 is 6.71 Å². The Morgan fingerprint density at radius 2 is 1.67 bits per heavy atom. The van der Waals surface area contributed by atoms with Gasteiger partial charge in [0.25, 0.3) is 0 Å². The molecule has 0 unspecified atom stereocenters. The molecule has 0 aromatic rings. The van der Waals surface area contributed by atoms with Crippen LogP contribution in [-0.2, 0) is 0 Å². The van der Waals surface area contributed by atoms with Crippen molar-refractivity contribution in [3.63, 3.8) is 0 Å². The Morgan fingerprint density at radius 3 is 2.20 bits per heavy atom. The Morgan fingerprint density at radius 1 is 1.07 bits per heavy atom. The maximum Gasteiger partial charge on any atom is 0.237 e. The zero-order valence-corrected chi connectivity index (χ0v) is 10.1. The van der Waals surface area contributed by atoms with Gasteiger partial charge in [0, 0.05) is 6.42 Å². The highest BCUT2D eigenvalue weighted by molar-refractivity contribution is 6.70. The van der Waals surface area contributed by atoms with Gasteiger partial charge >= 0.3 is 0 Å². The van der Waals surface area contributed by atoms with Gasteiger partial charge in [0.1, 0.15) is 0 Å². The van der Waals surface area contributed by atoms with E-state index >= 15 is 0 Å². The number of fused-ring (bicyclic) bond motifs is 2. The molecule has 0 nitrogen and oxygen atoms in total. The Kier molecular flexibility index (Phi) is 4.18. The third-order valence-corrected chi connectivity index (χ3v) is 4.24. The summed E-state index contributed by atoms with van der Waals surface area (Å²) in [4.78, 5) is 0. The minimum absolute atomic E-state index is 0.782. The molecule has 0 spiro atoms. The first kappa shape index (κ1) is 11.1. The van der Waals surface area contributed by atoms with E-state index in [1.54, 1.807) is 0 Å². The summed E-state index contributed by atoms with van der Waals surface area (Å²) in [5.41, 5.74) is 0. The number of rotatable bonds is 2. The first-order valence-corrected chi connectivity index (χ1v) is 6.90. The quantitative estimate of drug-likeness (QED) is 0.355. The number of unbranched alkanes of at least 4 members (excludes halogenated alkanes) is 2. The van der Waals surface area contributed by atoms with Crippen LogP contribution in [0.3, 0.4) is 0 Å². The Labute approximate surface area is 95.3 Å². The maximum atomic E-state index is 3.61. The molecular weight excluding hydrogens is 179 g/mol. The lowest BCUT2D eigenvalue weighted by Crippen LogP contribution is -2.33. The molecular formula is C14H23B. The smallest absolute Gasteiger partial charge is 0.155 e. The highest BCUT2D eigenvalue weighted by Crippen LogP contribution is 2.45. The van der Waals surface area contributed by atoms with Gasteiger partial charge in [-0.1, -0.05) is 51.9 Å². The summed E-state index contributed by atoms with van der Waals surface area (Å²) in [6.45, 7) is 3.03. The molecule has 0 saturated carbocycles. The van der Waals surface area contributed by atoms with Gasteiger partial charge in [-0.15, -0.1) is 5.92 Å². The molecule has 2 heterocycles. The molecule has 2 aliphatic heterocycles. The van der Waals surface area contributed by atoms with Crippen molar-refractivity contribution in [2.75, 3.05) is 0 Å².